The van der Waals surface area contributed by atoms with E-state index in [2.05, 4.69) is 5.32 Å². The van der Waals surface area contributed by atoms with E-state index in [9.17, 15) is 4.79 Å². The molecule has 1 saturated heterocycles. The third-order valence-corrected chi connectivity index (χ3v) is 3.30. The molecular formula is C16H23NO4. The molecule has 21 heavy (non-hydrogen) atoms. The van der Waals surface area contributed by atoms with Crippen LogP contribution in [0.3, 0.4) is 0 Å². The SMILES string of the molecule is COc1cc(C(=O)NCC2CCCO2)ccc1OC(C)C. The van der Waals surface area contributed by atoms with Gasteiger partial charge in [0.25, 0.3) is 5.91 Å². The van der Waals surface area contributed by atoms with Gasteiger partial charge in [-0.05, 0) is 44.9 Å². The second kappa shape index (κ2) is 7.31. The molecule has 1 aliphatic rings. The second-order valence-electron chi connectivity index (χ2n) is 5.38. The van der Waals surface area contributed by atoms with Crippen molar-refractivity contribution in [3.05, 3.63) is 23.8 Å². The summed E-state index contributed by atoms with van der Waals surface area (Å²) in [4.78, 5) is 12.1. The Morgan fingerprint density at radius 1 is 1.43 bits per heavy atom. The van der Waals surface area contributed by atoms with Crippen molar-refractivity contribution in [2.75, 3.05) is 20.3 Å². The summed E-state index contributed by atoms with van der Waals surface area (Å²) in [7, 11) is 1.57. The van der Waals surface area contributed by atoms with Crippen LogP contribution in [0.4, 0.5) is 0 Å². The molecule has 1 fully saturated rings. The number of methoxy groups -OCH3 is 1. The van der Waals surface area contributed by atoms with Gasteiger partial charge in [0.2, 0.25) is 0 Å². The van der Waals surface area contributed by atoms with Crippen LogP contribution in [0, 0.1) is 0 Å². The number of hydrogen-bond donors (Lipinski definition) is 1. The molecule has 1 aliphatic heterocycles. The average Bonchev–Trinajstić information content (AvgIpc) is 2.98. The third kappa shape index (κ3) is 4.36. The average molecular weight is 293 g/mol. The van der Waals surface area contributed by atoms with Gasteiger partial charge in [-0.25, -0.2) is 0 Å². The van der Waals surface area contributed by atoms with Crippen molar-refractivity contribution >= 4 is 5.91 Å². The molecule has 0 saturated carbocycles. The fraction of sp³-hybridized carbons (Fsp3) is 0.562. The van der Waals surface area contributed by atoms with Gasteiger partial charge < -0.3 is 19.5 Å². The molecular weight excluding hydrogens is 270 g/mol. The van der Waals surface area contributed by atoms with E-state index in [1.807, 2.05) is 13.8 Å². The molecule has 1 aromatic carbocycles. The number of nitrogens with one attached hydrogen (secondary N) is 1. The Hall–Kier alpha value is -1.75. The van der Waals surface area contributed by atoms with E-state index in [1.165, 1.54) is 0 Å². The van der Waals surface area contributed by atoms with Gasteiger partial charge in [-0.1, -0.05) is 0 Å². The van der Waals surface area contributed by atoms with E-state index >= 15 is 0 Å². The summed E-state index contributed by atoms with van der Waals surface area (Å²) in [6.45, 7) is 5.23. The van der Waals surface area contributed by atoms with Gasteiger partial charge in [0.05, 0.1) is 19.3 Å². The van der Waals surface area contributed by atoms with Gasteiger partial charge in [0, 0.05) is 18.7 Å². The Morgan fingerprint density at radius 3 is 2.86 bits per heavy atom. The zero-order chi connectivity index (χ0) is 15.2. The van der Waals surface area contributed by atoms with Crippen molar-refractivity contribution in [3.63, 3.8) is 0 Å². The first-order chi connectivity index (χ1) is 10.1. The van der Waals surface area contributed by atoms with E-state index in [0.717, 1.165) is 19.4 Å². The Labute approximate surface area is 125 Å². The Morgan fingerprint density at radius 2 is 2.24 bits per heavy atom. The first-order valence-corrected chi connectivity index (χ1v) is 7.34. The predicted molar refractivity (Wildman–Crippen MR) is 80.1 cm³/mol. The predicted octanol–water partition coefficient (Wildman–Crippen LogP) is 2.39. The molecule has 0 aromatic heterocycles. The van der Waals surface area contributed by atoms with Gasteiger partial charge in [-0.15, -0.1) is 0 Å². The number of carbonyl (C=O) groups is 1. The van der Waals surface area contributed by atoms with Crippen LogP contribution >= 0.6 is 0 Å². The fourth-order valence-corrected chi connectivity index (χ4v) is 2.27. The summed E-state index contributed by atoms with van der Waals surface area (Å²) in [6.07, 6.45) is 2.26. The number of hydrogen-bond acceptors (Lipinski definition) is 4. The zero-order valence-corrected chi connectivity index (χ0v) is 12.8. The lowest BCUT2D eigenvalue weighted by Crippen LogP contribution is -2.31. The summed E-state index contributed by atoms with van der Waals surface area (Å²) in [6, 6.07) is 5.20. The monoisotopic (exact) mass is 293 g/mol. The summed E-state index contributed by atoms with van der Waals surface area (Å²) < 4.78 is 16.4. The van der Waals surface area contributed by atoms with Crippen LogP contribution in [0.5, 0.6) is 11.5 Å². The van der Waals surface area contributed by atoms with Crippen LogP contribution < -0.4 is 14.8 Å². The van der Waals surface area contributed by atoms with Crippen molar-refractivity contribution < 1.29 is 19.0 Å². The molecule has 5 nitrogen and oxygen atoms in total. The number of rotatable bonds is 6. The highest BCUT2D eigenvalue weighted by Gasteiger charge is 2.17. The maximum Gasteiger partial charge on any atom is 0.251 e. The highest BCUT2D eigenvalue weighted by Crippen LogP contribution is 2.29. The van der Waals surface area contributed by atoms with Crippen LogP contribution in [0.2, 0.25) is 0 Å². The van der Waals surface area contributed by atoms with E-state index in [0.29, 0.717) is 23.6 Å². The molecule has 1 aromatic rings. The molecule has 0 radical (unpaired) electrons. The van der Waals surface area contributed by atoms with Crippen LogP contribution in [-0.4, -0.2) is 38.4 Å². The smallest absolute Gasteiger partial charge is 0.251 e. The first-order valence-electron chi connectivity index (χ1n) is 7.34. The first kappa shape index (κ1) is 15.6. The van der Waals surface area contributed by atoms with Gasteiger partial charge in [0.15, 0.2) is 11.5 Å². The van der Waals surface area contributed by atoms with Gasteiger partial charge in [-0.2, -0.15) is 0 Å². The highest BCUT2D eigenvalue weighted by molar-refractivity contribution is 5.94. The number of carbonyl (C=O) groups excluding carboxylic acids is 1. The third-order valence-electron chi connectivity index (χ3n) is 3.30. The molecule has 1 atom stereocenters. The standard InChI is InChI=1S/C16H23NO4/c1-11(2)21-14-7-6-12(9-15(14)19-3)16(18)17-10-13-5-4-8-20-13/h6-7,9,11,13H,4-5,8,10H2,1-3H3,(H,17,18). The topological polar surface area (TPSA) is 56.8 Å². The van der Waals surface area contributed by atoms with Crippen LogP contribution in [0.1, 0.15) is 37.0 Å². The summed E-state index contributed by atoms with van der Waals surface area (Å²) in [5.74, 6) is 1.08. The Bertz CT molecular complexity index is 481. The lowest BCUT2D eigenvalue weighted by molar-refractivity contribution is 0.0857. The van der Waals surface area contributed by atoms with E-state index < -0.39 is 0 Å². The number of amides is 1. The molecule has 1 amide bonds. The molecule has 2 rings (SSSR count). The quantitative estimate of drug-likeness (QED) is 0.875. The minimum Gasteiger partial charge on any atom is -0.493 e. The molecule has 5 heteroatoms. The van der Waals surface area contributed by atoms with Crippen molar-refractivity contribution in [1.82, 2.24) is 5.32 Å². The van der Waals surface area contributed by atoms with Gasteiger partial charge in [-0.3, -0.25) is 4.79 Å². The van der Waals surface area contributed by atoms with Crippen molar-refractivity contribution in [2.24, 2.45) is 0 Å². The molecule has 0 aliphatic carbocycles. The van der Waals surface area contributed by atoms with E-state index in [-0.39, 0.29) is 18.1 Å². The van der Waals surface area contributed by atoms with E-state index in [1.54, 1.807) is 25.3 Å². The largest absolute Gasteiger partial charge is 0.493 e. The maximum atomic E-state index is 12.1. The van der Waals surface area contributed by atoms with Crippen molar-refractivity contribution in [3.8, 4) is 11.5 Å². The summed E-state index contributed by atoms with van der Waals surface area (Å²) in [5.41, 5.74) is 0.556. The van der Waals surface area contributed by atoms with Crippen LogP contribution in [-0.2, 0) is 4.74 Å². The zero-order valence-electron chi connectivity index (χ0n) is 12.8. The Balaban J connectivity index is 1.99. The Kier molecular flexibility index (Phi) is 5.44. The highest BCUT2D eigenvalue weighted by atomic mass is 16.5. The lowest BCUT2D eigenvalue weighted by Gasteiger charge is -2.15. The summed E-state index contributed by atoms with van der Waals surface area (Å²) >= 11 is 0. The second-order valence-corrected chi connectivity index (χ2v) is 5.38. The number of ether oxygens (including phenoxy) is 3. The minimum absolute atomic E-state index is 0.0538. The number of benzene rings is 1. The van der Waals surface area contributed by atoms with Gasteiger partial charge >= 0.3 is 0 Å². The summed E-state index contributed by atoms with van der Waals surface area (Å²) in [5, 5.41) is 2.89. The lowest BCUT2D eigenvalue weighted by atomic mass is 10.1. The molecule has 116 valence electrons. The molecule has 0 bridgehead atoms. The van der Waals surface area contributed by atoms with Crippen LogP contribution in [0.15, 0.2) is 18.2 Å². The van der Waals surface area contributed by atoms with E-state index in [4.69, 9.17) is 14.2 Å². The minimum atomic E-state index is -0.125. The molecule has 0 spiro atoms. The molecule has 1 N–H and O–H groups in total. The fourth-order valence-electron chi connectivity index (χ4n) is 2.27. The molecule has 1 unspecified atom stereocenters. The van der Waals surface area contributed by atoms with Crippen molar-refractivity contribution in [1.29, 1.82) is 0 Å². The van der Waals surface area contributed by atoms with Crippen molar-refractivity contribution in [2.45, 2.75) is 38.9 Å². The van der Waals surface area contributed by atoms with Gasteiger partial charge in [0.1, 0.15) is 0 Å². The maximum absolute atomic E-state index is 12.1. The van der Waals surface area contributed by atoms with Crippen LogP contribution in [0.25, 0.3) is 0 Å². The normalized spacial score (nSPS) is 17.8. The molecule has 1 heterocycles.